The average Bonchev–Trinajstić information content (AvgIpc) is 2.35. The Hall–Kier alpha value is -0.0831. The normalized spacial score (nSPS) is 12.8. The molecule has 0 rings (SSSR count). The molecule has 0 aliphatic rings. The van der Waals surface area contributed by atoms with Gasteiger partial charge in [0.15, 0.2) is 0 Å². The third-order valence-corrected chi connectivity index (χ3v) is 6.58. The van der Waals surface area contributed by atoms with Crippen molar-refractivity contribution < 1.29 is 0 Å². The van der Waals surface area contributed by atoms with Crippen molar-refractivity contribution in [2.24, 2.45) is 0 Å². The zero-order valence-electron chi connectivity index (χ0n) is 13.5. The minimum Gasteiger partial charge on any atom is -0.304 e. The summed E-state index contributed by atoms with van der Waals surface area (Å²) in [6, 6.07) is 2.80. The molecule has 0 saturated heterocycles. The van der Waals surface area contributed by atoms with Crippen LogP contribution in [0.4, 0.5) is 0 Å². The van der Waals surface area contributed by atoms with E-state index in [0.717, 1.165) is 0 Å². The third kappa shape index (κ3) is 9.90. The SMILES string of the molecule is C/C=C/C[Si](C)(C)CCN(CCCC)CCCC. The second-order valence-electron chi connectivity index (χ2n) is 6.24. The predicted octanol–water partition coefficient (Wildman–Crippen LogP) is 5.17. The molecule has 1 nitrogen and oxygen atoms in total. The summed E-state index contributed by atoms with van der Waals surface area (Å²) in [5, 5.41) is 0. The van der Waals surface area contributed by atoms with E-state index >= 15 is 0 Å². The third-order valence-electron chi connectivity index (χ3n) is 3.67. The summed E-state index contributed by atoms with van der Waals surface area (Å²) in [6.07, 6.45) is 9.94. The molecule has 0 unspecified atom stereocenters. The van der Waals surface area contributed by atoms with Gasteiger partial charge in [-0.2, -0.15) is 0 Å². The monoisotopic (exact) mass is 269 g/mol. The van der Waals surface area contributed by atoms with Crippen molar-refractivity contribution in [3.8, 4) is 0 Å². The van der Waals surface area contributed by atoms with Crippen LogP contribution < -0.4 is 0 Å². The first-order valence-electron chi connectivity index (χ1n) is 7.89. The first-order chi connectivity index (χ1) is 8.55. The van der Waals surface area contributed by atoms with E-state index in [-0.39, 0.29) is 0 Å². The van der Waals surface area contributed by atoms with Crippen molar-refractivity contribution >= 4 is 8.07 Å². The number of nitrogens with zero attached hydrogens (tertiary/aromatic N) is 1. The highest BCUT2D eigenvalue weighted by molar-refractivity contribution is 6.77. The molecule has 2 heteroatoms. The Balaban J connectivity index is 4.05. The Morgan fingerprint density at radius 1 is 0.944 bits per heavy atom. The van der Waals surface area contributed by atoms with Gasteiger partial charge in [-0.1, -0.05) is 51.9 Å². The fourth-order valence-corrected chi connectivity index (χ4v) is 4.10. The minimum atomic E-state index is -0.994. The van der Waals surface area contributed by atoms with Gasteiger partial charge >= 0.3 is 0 Å². The molecule has 0 saturated carbocycles. The molecule has 18 heavy (non-hydrogen) atoms. The van der Waals surface area contributed by atoms with Crippen LogP contribution in [0.2, 0.25) is 25.2 Å². The fraction of sp³-hybridized carbons (Fsp3) is 0.875. The quantitative estimate of drug-likeness (QED) is 0.369. The number of hydrogen-bond donors (Lipinski definition) is 0. The number of allylic oxidation sites excluding steroid dienone is 2. The molecule has 0 spiro atoms. The van der Waals surface area contributed by atoms with Crippen LogP contribution in [0.25, 0.3) is 0 Å². The molecule has 0 heterocycles. The Labute approximate surface area is 117 Å². The first-order valence-corrected chi connectivity index (χ1v) is 11.3. The summed E-state index contributed by atoms with van der Waals surface area (Å²) in [4.78, 5) is 2.71. The van der Waals surface area contributed by atoms with E-state index in [1.54, 1.807) is 0 Å². The molecular formula is C16H35NSi. The Morgan fingerprint density at radius 2 is 1.50 bits per heavy atom. The van der Waals surface area contributed by atoms with E-state index in [1.807, 2.05) is 0 Å². The molecule has 0 aromatic rings. The highest BCUT2D eigenvalue weighted by Gasteiger charge is 2.19. The molecule has 0 aromatic carbocycles. The van der Waals surface area contributed by atoms with Gasteiger partial charge in [0.2, 0.25) is 0 Å². The van der Waals surface area contributed by atoms with E-state index in [0.29, 0.717) is 0 Å². The van der Waals surface area contributed by atoms with Crippen LogP contribution in [0, 0.1) is 0 Å². The van der Waals surface area contributed by atoms with Crippen LogP contribution in [0.15, 0.2) is 12.2 Å². The summed E-state index contributed by atoms with van der Waals surface area (Å²) in [5.74, 6) is 0. The largest absolute Gasteiger partial charge is 0.304 e. The maximum atomic E-state index is 2.71. The van der Waals surface area contributed by atoms with E-state index < -0.39 is 8.07 Å². The van der Waals surface area contributed by atoms with Crippen LogP contribution >= 0.6 is 0 Å². The average molecular weight is 270 g/mol. The van der Waals surface area contributed by atoms with Gasteiger partial charge in [0.05, 0.1) is 8.07 Å². The summed E-state index contributed by atoms with van der Waals surface area (Å²) in [7, 11) is -0.994. The summed E-state index contributed by atoms with van der Waals surface area (Å²) in [5.41, 5.74) is 0. The van der Waals surface area contributed by atoms with E-state index in [2.05, 4.69) is 50.9 Å². The Morgan fingerprint density at radius 3 is 1.94 bits per heavy atom. The summed E-state index contributed by atoms with van der Waals surface area (Å²) in [6.45, 7) is 15.7. The van der Waals surface area contributed by atoms with Crippen LogP contribution in [0.1, 0.15) is 46.5 Å². The fourth-order valence-electron chi connectivity index (χ4n) is 2.10. The van der Waals surface area contributed by atoms with Gasteiger partial charge < -0.3 is 4.90 Å². The lowest BCUT2D eigenvalue weighted by Gasteiger charge is -2.27. The maximum Gasteiger partial charge on any atom is 0.0523 e. The van der Waals surface area contributed by atoms with Gasteiger partial charge in [0.25, 0.3) is 0 Å². The zero-order valence-corrected chi connectivity index (χ0v) is 14.5. The van der Waals surface area contributed by atoms with Gasteiger partial charge in [-0.05, 0) is 51.5 Å². The van der Waals surface area contributed by atoms with Gasteiger partial charge in [-0.3, -0.25) is 0 Å². The van der Waals surface area contributed by atoms with Crippen molar-refractivity contribution in [2.45, 2.75) is 71.6 Å². The highest BCUT2D eigenvalue weighted by atomic mass is 28.3. The molecule has 108 valence electrons. The van der Waals surface area contributed by atoms with Crippen molar-refractivity contribution in [1.82, 2.24) is 4.90 Å². The van der Waals surface area contributed by atoms with Crippen LogP contribution in [0.3, 0.4) is 0 Å². The summed E-state index contributed by atoms with van der Waals surface area (Å²) < 4.78 is 0. The van der Waals surface area contributed by atoms with E-state index in [9.17, 15) is 0 Å². The van der Waals surface area contributed by atoms with Crippen molar-refractivity contribution in [3.05, 3.63) is 12.2 Å². The van der Waals surface area contributed by atoms with E-state index in [4.69, 9.17) is 0 Å². The molecular weight excluding hydrogens is 234 g/mol. The topological polar surface area (TPSA) is 3.24 Å². The van der Waals surface area contributed by atoms with Gasteiger partial charge in [0.1, 0.15) is 0 Å². The van der Waals surface area contributed by atoms with E-state index in [1.165, 1.54) is 57.4 Å². The molecule has 0 aromatic heterocycles. The lowest BCUT2D eigenvalue weighted by molar-refractivity contribution is 0.278. The summed E-state index contributed by atoms with van der Waals surface area (Å²) >= 11 is 0. The van der Waals surface area contributed by atoms with Crippen LogP contribution in [0.5, 0.6) is 0 Å². The molecule has 0 N–H and O–H groups in total. The molecule has 0 bridgehead atoms. The second kappa shape index (κ2) is 10.8. The van der Waals surface area contributed by atoms with Gasteiger partial charge in [-0.15, -0.1) is 0 Å². The lowest BCUT2D eigenvalue weighted by atomic mass is 10.2. The molecule has 0 amide bonds. The first kappa shape index (κ1) is 17.9. The Bertz CT molecular complexity index is 203. The molecule has 0 fully saturated rings. The zero-order chi connectivity index (χ0) is 13.9. The standard InChI is InChI=1S/C16H35NSi/c1-6-9-12-17(13-10-7-2)14-16-18(4,5)15-11-8-3/h8,11H,6-7,9-10,12-16H2,1-5H3/b11-8+. The van der Waals surface area contributed by atoms with Crippen molar-refractivity contribution in [3.63, 3.8) is 0 Å². The van der Waals surface area contributed by atoms with Gasteiger partial charge in [-0.25, -0.2) is 0 Å². The highest BCUT2D eigenvalue weighted by Crippen LogP contribution is 2.17. The minimum absolute atomic E-state index is 0.994. The number of rotatable bonds is 11. The number of unbranched alkanes of at least 4 members (excludes halogenated alkanes) is 2. The second-order valence-corrected chi connectivity index (χ2v) is 11.5. The molecule has 0 aliphatic heterocycles. The smallest absolute Gasteiger partial charge is 0.0523 e. The lowest BCUT2D eigenvalue weighted by Crippen LogP contribution is -2.34. The predicted molar refractivity (Wildman–Crippen MR) is 88.2 cm³/mol. The molecule has 0 atom stereocenters. The number of hydrogen-bond acceptors (Lipinski definition) is 1. The van der Waals surface area contributed by atoms with Gasteiger partial charge in [0, 0.05) is 0 Å². The molecule has 0 radical (unpaired) electrons. The molecule has 0 aliphatic carbocycles. The van der Waals surface area contributed by atoms with Crippen LogP contribution in [-0.4, -0.2) is 32.6 Å². The van der Waals surface area contributed by atoms with Crippen molar-refractivity contribution in [1.29, 1.82) is 0 Å². The van der Waals surface area contributed by atoms with Crippen LogP contribution in [-0.2, 0) is 0 Å². The maximum absolute atomic E-state index is 2.71. The Kier molecular flexibility index (Phi) is 10.8. The van der Waals surface area contributed by atoms with Crippen molar-refractivity contribution in [2.75, 3.05) is 19.6 Å².